The van der Waals surface area contributed by atoms with E-state index in [9.17, 15) is 0 Å². The van der Waals surface area contributed by atoms with Crippen LogP contribution in [0.25, 0.3) is 0 Å². The molecule has 2 aromatic rings. The van der Waals surface area contributed by atoms with Gasteiger partial charge in [0.1, 0.15) is 12.2 Å². The van der Waals surface area contributed by atoms with Gasteiger partial charge in [0, 0.05) is 12.2 Å². The first-order valence-corrected chi connectivity index (χ1v) is 7.00. The topological polar surface area (TPSA) is 54.8 Å². The van der Waals surface area contributed by atoms with Crippen molar-refractivity contribution < 1.29 is 0 Å². The van der Waals surface area contributed by atoms with E-state index in [1.54, 1.807) is 6.33 Å². The minimum Gasteiger partial charge on any atom is -0.355 e. The molecule has 5 nitrogen and oxygen atoms in total. The Bertz CT molecular complexity index is 605. The summed E-state index contributed by atoms with van der Waals surface area (Å²) in [6.45, 7) is 7.55. The molecule has 1 aromatic carbocycles. The highest BCUT2D eigenvalue weighted by Crippen LogP contribution is 2.17. The molecule has 0 aliphatic heterocycles. The molecule has 2 rings (SSSR count). The number of rotatable bonds is 4. The molecule has 0 fully saturated rings. The Kier molecular flexibility index (Phi) is 4.68. The third-order valence-corrected chi connectivity index (χ3v) is 3.50. The fraction of sp³-hybridized carbons (Fsp3) is 0.357. The molecule has 6 heteroatoms. The zero-order chi connectivity index (χ0) is 14.5. The molecule has 0 spiro atoms. The lowest BCUT2D eigenvalue weighted by Crippen LogP contribution is -2.29. The number of aromatic nitrogens is 3. The van der Waals surface area contributed by atoms with Crippen molar-refractivity contribution in [3.8, 4) is 0 Å². The van der Waals surface area contributed by atoms with Crippen LogP contribution in [-0.2, 0) is 13.1 Å². The monoisotopic (exact) mass is 289 g/mol. The lowest BCUT2D eigenvalue weighted by molar-refractivity contribution is 0.606. The van der Waals surface area contributed by atoms with E-state index in [0.29, 0.717) is 11.7 Å². The van der Waals surface area contributed by atoms with E-state index in [0.717, 1.165) is 18.1 Å². The van der Waals surface area contributed by atoms with Gasteiger partial charge in [0.05, 0.1) is 6.54 Å². The lowest BCUT2D eigenvalue weighted by Gasteiger charge is -2.13. The molecule has 2 N–H and O–H groups in total. The highest BCUT2D eigenvalue weighted by atomic mass is 32.1. The van der Waals surface area contributed by atoms with E-state index in [1.165, 1.54) is 11.1 Å². The van der Waals surface area contributed by atoms with Crippen molar-refractivity contribution in [3.63, 3.8) is 0 Å². The second kappa shape index (κ2) is 6.47. The van der Waals surface area contributed by atoms with E-state index < -0.39 is 0 Å². The molecule has 0 saturated carbocycles. The van der Waals surface area contributed by atoms with Crippen molar-refractivity contribution in [1.29, 1.82) is 0 Å². The van der Waals surface area contributed by atoms with Gasteiger partial charge < -0.3 is 10.6 Å². The third-order valence-electron chi connectivity index (χ3n) is 3.26. The molecule has 0 radical (unpaired) electrons. The molecular weight excluding hydrogens is 270 g/mol. The van der Waals surface area contributed by atoms with Crippen LogP contribution in [0.4, 0.5) is 5.69 Å². The number of hydrogen-bond acceptors (Lipinski definition) is 3. The Morgan fingerprint density at radius 2 is 2.15 bits per heavy atom. The number of thiocarbonyl (C=S) groups is 1. The van der Waals surface area contributed by atoms with Gasteiger partial charge in [-0.25, -0.2) is 9.67 Å². The average Bonchev–Trinajstić information content (AvgIpc) is 2.89. The Hall–Kier alpha value is -1.95. The van der Waals surface area contributed by atoms with Gasteiger partial charge in [0.15, 0.2) is 5.11 Å². The highest BCUT2D eigenvalue weighted by Gasteiger charge is 2.05. The van der Waals surface area contributed by atoms with Crippen LogP contribution in [0.3, 0.4) is 0 Å². The van der Waals surface area contributed by atoms with Gasteiger partial charge in [-0.3, -0.25) is 0 Å². The summed E-state index contributed by atoms with van der Waals surface area (Å²) in [4.78, 5) is 4.20. The SMILES string of the molecule is CCn1ncnc1CNC(=S)Nc1cccc(C)c1C. The van der Waals surface area contributed by atoms with Crippen LogP contribution in [0.15, 0.2) is 24.5 Å². The lowest BCUT2D eigenvalue weighted by atomic mass is 10.1. The Morgan fingerprint density at radius 1 is 1.35 bits per heavy atom. The predicted molar refractivity (Wildman–Crippen MR) is 84.7 cm³/mol. The van der Waals surface area contributed by atoms with Crippen molar-refractivity contribution >= 4 is 23.0 Å². The van der Waals surface area contributed by atoms with E-state index in [1.807, 2.05) is 23.7 Å². The van der Waals surface area contributed by atoms with Gasteiger partial charge >= 0.3 is 0 Å². The molecule has 1 heterocycles. The number of aryl methyl sites for hydroxylation is 2. The van der Waals surface area contributed by atoms with Crippen LogP contribution in [-0.4, -0.2) is 19.9 Å². The fourth-order valence-corrected chi connectivity index (χ4v) is 2.08. The molecule has 106 valence electrons. The largest absolute Gasteiger partial charge is 0.355 e. The predicted octanol–water partition coefficient (Wildman–Crippen LogP) is 2.40. The van der Waals surface area contributed by atoms with Crippen LogP contribution >= 0.6 is 12.2 Å². The molecular formula is C14H19N5S. The smallest absolute Gasteiger partial charge is 0.171 e. The zero-order valence-electron chi connectivity index (χ0n) is 12.0. The summed E-state index contributed by atoms with van der Waals surface area (Å²) >= 11 is 5.31. The van der Waals surface area contributed by atoms with Crippen molar-refractivity contribution in [2.75, 3.05) is 5.32 Å². The first-order chi connectivity index (χ1) is 9.61. The van der Waals surface area contributed by atoms with Gasteiger partial charge in [0.25, 0.3) is 0 Å². The summed E-state index contributed by atoms with van der Waals surface area (Å²) < 4.78 is 1.84. The normalized spacial score (nSPS) is 10.3. The molecule has 0 amide bonds. The van der Waals surface area contributed by atoms with Gasteiger partial charge in [-0.05, 0) is 50.2 Å². The van der Waals surface area contributed by atoms with E-state index in [-0.39, 0.29) is 0 Å². The Labute approximate surface area is 124 Å². The van der Waals surface area contributed by atoms with Crippen molar-refractivity contribution in [2.24, 2.45) is 0 Å². The minimum atomic E-state index is 0.560. The van der Waals surface area contributed by atoms with E-state index in [4.69, 9.17) is 12.2 Å². The number of anilines is 1. The van der Waals surface area contributed by atoms with Gasteiger partial charge in [0.2, 0.25) is 0 Å². The van der Waals surface area contributed by atoms with Crippen LogP contribution in [0.5, 0.6) is 0 Å². The van der Waals surface area contributed by atoms with Crippen molar-refractivity contribution in [2.45, 2.75) is 33.9 Å². The van der Waals surface area contributed by atoms with Crippen LogP contribution < -0.4 is 10.6 Å². The number of nitrogens with one attached hydrogen (secondary N) is 2. The van der Waals surface area contributed by atoms with Gasteiger partial charge in [-0.15, -0.1) is 0 Å². The summed E-state index contributed by atoms with van der Waals surface area (Å²) in [6.07, 6.45) is 1.56. The minimum absolute atomic E-state index is 0.560. The quantitative estimate of drug-likeness (QED) is 0.847. The standard InChI is InChI=1S/C14H19N5S/c1-4-19-13(16-9-17-19)8-15-14(20)18-12-7-5-6-10(2)11(12)3/h5-7,9H,4,8H2,1-3H3,(H2,15,18,20). The first-order valence-electron chi connectivity index (χ1n) is 6.59. The number of nitrogens with zero attached hydrogens (tertiary/aromatic N) is 3. The molecule has 0 unspecified atom stereocenters. The molecule has 0 aliphatic rings. The second-order valence-corrected chi connectivity index (χ2v) is 4.96. The highest BCUT2D eigenvalue weighted by molar-refractivity contribution is 7.80. The van der Waals surface area contributed by atoms with Crippen LogP contribution in [0.2, 0.25) is 0 Å². The van der Waals surface area contributed by atoms with Crippen LogP contribution in [0.1, 0.15) is 23.9 Å². The number of benzene rings is 1. The maximum Gasteiger partial charge on any atom is 0.171 e. The maximum atomic E-state index is 5.31. The van der Waals surface area contributed by atoms with Gasteiger partial charge in [-0.1, -0.05) is 12.1 Å². The zero-order valence-corrected chi connectivity index (χ0v) is 12.8. The van der Waals surface area contributed by atoms with Crippen molar-refractivity contribution in [1.82, 2.24) is 20.1 Å². The number of hydrogen-bond donors (Lipinski definition) is 2. The van der Waals surface area contributed by atoms with E-state index in [2.05, 4.69) is 40.6 Å². The molecule has 0 bridgehead atoms. The molecule has 0 atom stereocenters. The maximum absolute atomic E-state index is 5.31. The average molecular weight is 289 g/mol. The summed E-state index contributed by atoms with van der Waals surface area (Å²) in [6, 6.07) is 6.12. The Balaban J connectivity index is 1.94. The third kappa shape index (κ3) is 3.33. The molecule has 20 heavy (non-hydrogen) atoms. The van der Waals surface area contributed by atoms with Crippen molar-refractivity contribution in [3.05, 3.63) is 41.5 Å². The molecule has 0 saturated heterocycles. The van der Waals surface area contributed by atoms with Gasteiger partial charge in [-0.2, -0.15) is 5.10 Å². The summed E-state index contributed by atoms with van der Waals surface area (Å²) in [7, 11) is 0. The molecule has 1 aromatic heterocycles. The summed E-state index contributed by atoms with van der Waals surface area (Å²) in [5, 5.41) is 11.1. The summed E-state index contributed by atoms with van der Waals surface area (Å²) in [5.41, 5.74) is 3.47. The van der Waals surface area contributed by atoms with E-state index >= 15 is 0 Å². The Morgan fingerprint density at radius 3 is 2.90 bits per heavy atom. The molecule has 0 aliphatic carbocycles. The van der Waals surface area contributed by atoms with Crippen LogP contribution in [0, 0.1) is 13.8 Å². The summed E-state index contributed by atoms with van der Waals surface area (Å²) in [5.74, 6) is 0.873. The second-order valence-electron chi connectivity index (χ2n) is 4.55. The first kappa shape index (κ1) is 14.5. The fourth-order valence-electron chi connectivity index (χ4n) is 1.90.